The fourth-order valence-corrected chi connectivity index (χ4v) is 1.77. The van der Waals surface area contributed by atoms with Crippen LogP contribution >= 0.6 is 15.9 Å². The monoisotopic (exact) mass is 236 g/mol. The van der Waals surface area contributed by atoms with E-state index in [0.717, 1.165) is 22.0 Å². The summed E-state index contributed by atoms with van der Waals surface area (Å²) in [4.78, 5) is 11.4. The molecule has 1 aromatic carbocycles. The lowest BCUT2D eigenvalue weighted by Crippen LogP contribution is -1.94. The molecule has 1 aromatic rings. The number of hydrogen-bond donors (Lipinski definition) is 0. The molecule has 0 aliphatic heterocycles. The zero-order valence-corrected chi connectivity index (χ0v) is 8.67. The summed E-state index contributed by atoms with van der Waals surface area (Å²) < 4.78 is 1.04. The van der Waals surface area contributed by atoms with Crippen LogP contribution in [0.15, 0.2) is 34.8 Å². The number of benzene rings is 1. The Morgan fingerprint density at radius 3 is 2.38 bits per heavy atom. The van der Waals surface area contributed by atoms with Gasteiger partial charge >= 0.3 is 0 Å². The van der Waals surface area contributed by atoms with Crippen molar-refractivity contribution in [1.82, 2.24) is 0 Å². The van der Waals surface area contributed by atoms with Crippen LogP contribution in [0.1, 0.15) is 18.4 Å². The van der Waals surface area contributed by atoms with E-state index in [9.17, 15) is 4.79 Å². The van der Waals surface area contributed by atoms with Gasteiger partial charge in [-0.25, -0.2) is 0 Å². The molecule has 13 heavy (non-hydrogen) atoms. The van der Waals surface area contributed by atoms with Gasteiger partial charge in [-0.05, 0) is 24.1 Å². The van der Waals surface area contributed by atoms with E-state index in [1.165, 1.54) is 0 Å². The highest BCUT2D eigenvalue weighted by atomic mass is 79.9. The molecule has 0 saturated carbocycles. The van der Waals surface area contributed by atoms with Crippen LogP contribution in [0.5, 0.6) is 0 Å². The van der Waals surface area contributed by atoms with E-state index in [1.54, 1.807) is 0 Å². The largest absolute Gasteiger partial charge is 0.294 e. The quantitative estimate of drug-likeness (QED) is 0.732. The summed E-state index contributed by atoms with van der Waals surface area (Å²) in [5.74, 6) is 0.266. The lowest BCUT2D eigenvalue weighted by molar-refractivity contribution is -0.113. The van der Waals surface area contributed by atoms with Gasteiger partial charge in [0.2, 0.25) is 0 Å². The van der Waals surface area contributed by atoms with Crippen LogP contribution < -0.4 is 0 Å². The standard InChI is InChI=1S/C11H9BrO/c12-9-6-4-8(5-7-9)10-2-1-3-11(10)13/h2,4-7H,1,3H2. The van der Waals surface area contributed by atoms with E-state index >= 15 is 0 Å². The van der Waals surface area contributed by atoms with E-state index in [4.69, 9.17) is 0 Å². The van der Waals surface area contributed by atoms with E-state index in [0.29, 0.717) is 6.42 Å². The first-order chi connectivity index (χ1) is 6.27. The zero-order valence-electron chi connectivity index (χ0n) is 7.09. The lowest BCUT2D eigenvalue weighted by Gasteiger charge is -2.00. The fourth-order valence-electron chi connectivity index (χ4n) is 1.50. The maximum atomic E-state index is 11.4. The van der Waals surface area contributed by atoms with Crippen molar-refractivity contribution in [2.45, 2.75) is 12.8 Å². The molecule has 0 N–H and O–H groups in total. The van der Waals surface area contributed by atoms with Gasteiger partial charge in [0.25, 0.3) is 0 Å². The number of Topliss-reactive ketones (excluding diaryl/α,β-unsaturated/α-hetero) is 1. The second kappa shape index (κ2) is 3.46. The first kappa shape index (κ1) is 8.70. The third-order valence-corrected chi connectivity index (χ3v) is 2.70. The van der Waals surface area contributed by atoms with Gasteiger partial charge in [-0.3, -0.25) is 4.79 Å². The number of ketones is 1. The molecular formula is C11H9BrO. The van der Waals surface area contributed by atoms with Crippen molar-refractivity contribution in [3.8, 4) is 0 Å². The average Bonchev–Trinajstić information content (AvgIpc) is 2.53. The Labute approximate surface area is 85.6 Å². The molecule has 0 heterocycles. The second-order valence-corrected chi connectivity index (χ2v) is 4.00. The Balaban J connectivity index is 2.36. The highest BCUT2D eigenvalue weighted by Crippen LogP contribution is 2.25. The third kappa shape index (κ3) is 1.73. The van der Waals surface area contributed by atoms with Gasteiger partial charge < -0.3 is 0 Å². The van der Waals surface area contributed by atoms with Crippen LogP contribution in [-0.4, -0.2) is 5.78 Å². The minimum absolute atomic E-state index is 0.266. The lowest BCUT2D eigenvalue weighted by atomic mass is 10.1. The van der Waals surface area contributed by atoms with Crippen molar-refractivity contribution in [1.29, 1.82) is 0 Å². The van der Waals surface area contributed by atoms with Crippen molar-refractivity contribution in [2.75, 3.05) is 0 Å². The molecule has 0 atom stereocenters. The molecule has 2 heteroatoms. The zero-order chi connectivity index (χ0) is 9.26. The molecule has 0 fully saturated rings. The van der Waals surface area contributed by atoms with E-state index in [2.05, 4.69) is 15.9 Å². The van der Waals surface area contributed by atoms with Gasteiger partial charge in [-0.1, -0.05) is 34.1 Å². The second-order valence-electron chi connectivity index (χ2n) is 3.09. The molecule has 2 rings (SSSR count). The van der Waals surface area contributed by atoms with Crippen LogP contribution in [0.3, 0.4) is 0 Å². The summed E-state index contributed by atoms with van der Waals surface area (Å²) in [6.45, 7) is 0. The Morgan fingerprint density at radius 1 is 1.15 bits per heavy atom. The minimum Gasteiger partial charge on any atom is -0.294 e. The molecule has 0 amide bonds. The average molecular weight is 237 g/mol. The number of carbonyl (C=O) groups is 1. The molecule has 0 saturated heterocycles. The summed E-state index contributed by atoms with van der Waals surface area (Å²) in [6.07, 6.45) is 3.58. The molecule has 0 unspecified atom stereocenters. The first-order valence-electron chi connectivity index (χ1n) is 4.26. The Kier molecular flexibility index (Phi) is 2.32. The number of allylic oxidation sites excluding steroid dienone is 2. The smallest absolute Gasteiger partial charge is 0.163 e. The fraction of sp³-hybridized carbons (Fsp3) is 0.182. The Morgan fingerprint density at radius 2 is 1.85 bits per heavy atom. The molecule has 1 aliphatic carbocycles. The minimum atomic E-state index is 0.266. The van der Waals surface area contributed by atoms with Gasteiger partial charge in [0.15, 0.2) is 5.78 Å². The molecule has 0 bridgehead atoms. The van der Waals surface area contributed by atoms with Crippen LogP contribution in [0.4, 0.5) is 0 Å². The summed E-state index contributed by atoms with van der Waals surface area (Å²) in [7, 11) is 0. The first-order valence-corrected chi connectivity index (χ1v) is 5.06. The van der Waals surface area contributed by atoms with Gasteiger partial charge in [-0.15, -0.1) is 0 Å². The topological polar surface area (TPSA) is 17.1 Å². The highest BCUT2D eigenvalue weighted by Gasteiger charge is 2.15. The molecular weight excluding hydrogens is 228 g/mol. The molecule has 66 valence electrons. The molecule has 0 aromatic heterocycles. The van der Waals surface area contributed by atoms with Crippen molar-refractivity contribution >= 4 is 27.3 Å². The molecule has 1 aliphatic rings. The summed E-state index contributed by atoms with van der Waals surface area (Å²) in [5, 5.41) is 0. The molecule has 0 radical (unpaired) electrons. The van der Waals surface area contributed by atoms with Gasteiger partial charge in [0, 0.05) is 16.5 Å². The van der Waals surface area contributed by atoms with Gasteiger partial charge in [0.05, 0.1) is 0 Å². The van der Waals surface area contributed by atoms with E-state index in [-0.39, 0.29) is 5.78 Å². The summed E-state index contributed by atoms with van der Waals surface area (Å²) >= 11 is 3.36. The summed E-state index contributed by atoms with van der Waals surface area (Å²) in [5.41, 5.74) is 1.92. The number of rotatable bonds is 1. The normalized spacial score (nSPS) is 16.1. The number of carbonyl (C=O) groups excluding carboxylic acids is 1. The van der Waals surface area contributed by atoms with Crippen LogP contribution in [0, 0.1) is 0 Å². The summed E-state index contributed by atoms with van der Waals surface area (Å²) in [6, 6.07) is 7.86. The van der Waals surface area contributed by atoms with Gasteiger partial charge in [-0.2, -0.15) is 0 Å². The number of hydrogen-bond acceptors (Lipinski definition) is 1. The SMILES string of the molecule is O=C1CCC=C1c1ccc(Br)cc1. The predicted octanol–water partition coefficient (Wildman–Crippen LogP) is 3.20. The Bertz CT molecular complexity index is 362. The van der Waals surface area contributed by atoms with Crippen molar-refractivity contribution in [3.63, 3.8) is 0 Å². The maximum absolute atomic E-state index is 11.4. The molecule has 0 spiro atoms. The molecule has 1 nitrogen and oxygen atoms in total. The predicted molar refractivity (Wildman–Crippen MR) is 56.4 cm³/mol. The third-order valence-electron chi connectivity index (χ3n) is 2.18. The highest BCUT2D eigenvalue weighted by molar-refractivity contribution is 9.10. The Hall–Kier alpha value is -0.890. The maximum Gasteiger partial charge on any atom is 0.163 e. The van der Waals surface area contributed by atoms with Crippen LogP contribution in [0.2, 0.25) is 0 Å². The van der Waals surface area contributed by atoms with Crippen LogP contribution in [0.25, 0.3) is 5.57 Å². The van der Waals surface area contributed by atoms with Crippen molar-refractivity contribution < 1.29 is 4.79 Å². The number of halogens is 1. The van der Waals surface area contributed by atoms with Crippen LogP contribution in [-0.2, 0) is 4.79 Å². The van der Waals surface area contributed by atoms with Crippen molar-refractivity contribution in [2.24, 2.45) is 0 Å². The van der Waals surface area contributed by atoms with Crippen molar-refractivity contribution in [3.05, 3.63) is 40.4 Å². The van der Waals surface area contributed by atoms with E-state index < -0.39 is 0 Å². The van der Waals surface area contributed by atoms with E-state index in [1.807, 2.05) is 30.3 Å². The van der Waals surface area contributed by atoms with Gasteiger partial charge in [0.1, 0.15) is 0 Å².